The molecule has 2 aliphatic heterocycles. The molecule has 1 N–H and O–H groups in total. The van der Waals surface area contributed by atoms with Crippen molar-refractivity contribution >= 4 is 23.0 Å². The number of rotatable bonds is 0. The second-order valence-corrected chi connectivity index (χ2v) is 4.77. The molecule has 3 heteroatoms. The molecular weight excluding hydrogens is 208 g/mol. The molecule has 0 amide bonds. The largest absolute Gasteiger partial charge is 0.380 e. The third-order valence-electron chi connectivity index (χ3n) is 3.44. The second kappa shape index (κ2) is 3.60. The number of para-hydroxylation sites is 1. The minimum absolute atomic E-state index is 0.671. The van der Waals surface area contributed by atoms with E-state index in [0.717, 1.165) is 17.3 Å². The van der Waals surface area contributed by atoms with Crippen molar-refractivity contribution in [1.82, 2.24) is 0 Å². The van der Waals surface area contributed by atoms with Crippen molar-refractivity contribution in [2.24, 2.45) is 0 Å². The average Bonchev–Trinajstić information content (AvgIpc) is 2.29. The first-order chi connectivity index (χ1) is 7.36. The Kier molecular flexibility index (Phi) is 2.24. The molecule has 2 heterocycles. The minimum Gasteiger partial charge on any atom is -0.380 e. The molecule has 1 fully saturated rings. The molecule has 2 nitrogen and oxygen atoms in total. The standard InChI is InChI=1S/C12H15ClN2/c13-10-5-3-6-11-12(10)14-8-9-4-1-2-7-15(9)11/h3,5-6,9,14H,1-2,4,7-8H2. The van der Waals surface area contributed by atoms with Crippen molar-refractivity contribution in [1.29, 1.82) is 0 Å². The van der Waals surface area contributed by atoms with E-state index >= 15 is 0 Å². The van der Waals surface area contributed by atoms with Crippen molar-refractivity contribution in [3.8, 4) is 0 Å². The fraction of sp³-hybridized carbons (Fsp3) is 0.500. The lowest BCUT2D eigenvalue weighted by atomic mass is 9.98. The second-order valence-electron chi connectivity index (χ2n) is 4.36. The van der Waals surface area contributed by atoms with E-state index in [0.29, 0.717) is 6.04 Å². The Morgan fingerprint density at radius 3 is 3.20 bits per heavy atom. The maximum Gasteiger partial charge on any atom is 0.0768 e. The number of anilines is 2. The van der Waals surface area contributed by atoms with Crippen LogP contribution in [0.3, 0.4) is 0 Å². The molecule has 1 atom stereocenters. The van der Waals surface area contributed by atoms with Crippen LogP contribution in [0.4, 0.5) is 11.4 Å². The van der Waals surface area contributed by atoms with Crippen molar-refractivity contribution in [2.45, 2.75) is 25.3 Å². The zero-order valence-corrected chi connectivity index (χ0v) is 9.43. The molecule has 1 saturated heterocycles. The molecule has 0 bridgehead atoms. The van der Waals surface area contributed by atoms with Crippen LogP contribution >= 0.6 is 11.6 Å². The van der Waals surface area contributed by atoms with Gasteiger partial charge in [0.1, 0.15) is 0 Å². The number of fused-ring (bicyclic) bond motifs is 3. The monoisotopic (exact) mass is 222 g/mol. The van der Waals surface area contributed by atoms with E-state index in [9.17, 15) is 0 Å². The van der Waals surface area contributed by atoms with E-state index in [1.165, 1.54) is 31.5 Å². The van der Waals surface area contributed by atoms with Crippen LogP contribution < -0.4 is 10.2 Å². The highest BCUT2D eigenvalue weighted by Crippen LogP contribution is 2.39. The lowest BCUT2D eigenvalue weighted by Gasteiger charge is -2.42. The van der Waals surface area contributed by atoms with E-state index in [1.807, 2.05) is 12.1 Å². The maximum absolute atomic E-state index is 6.18. The Balaban J connectivity index is 2.03. The Labute approximate surface area is 95.2 Å². The first-order valence-corrected chi connectivity index (χ1v) is 6.03. The predicted octanol–water partition coefficient (Wildman–Crippen LogP) is 3.12. The van der Waals surface area contributed by atoms with Gasteiger partial charge in [-0.15, -0.1) is 0 Å². The summed E-state index contributed by atoms with van der Waals surface area (Å²) in [5.41, 5.74) is 2.41. The topological polar surface area (TPSA) is 15.3 Å². The Bertz CT molecular complexity index is 378. The molecule has 2 aliphatic rings. The Morgan fingerprint density at radius 1 is 1.33 bits per heavy atom. The van der Waals surface area contributed by atoms with Gasteiger partial charge in [0.2, 0.25) is 0 Å². The minimum atomic E-state index is 0.671. The molecule has 1 aromatic rings. The van der Waals surface area contributed by atoms with Crippen molar-refractivity contribution < 1.29 is 0 Å². The quantitative estimate of drug-likeness (QED) is 0.726. The lowest BCUT2D eigenvalue weighted by molar-refractivity contribution is 0.466. The van der Waals surface area contributed by atoms with Gasteiger partial charge in [-0.25, -0.2) is 0 Å². The van der Waals surface area contributed by atoms with Crippen LogP contribution in [0.2, 0.25) is 5.02 Å². The maximum atomic E-state index is 6.18. The summed E-state index contributed by atoms with van der Waals surface area (Å²) in [6, 6.07) is 6.84. The molecule has 0 aliphatic carbocycles. The van der Waals surface area contributed by atoms with Crippen molar-refractivity contribution in [2.75, 3.05) is 23.3 Å². The zero-order valence-electron chi connectivity index (χ0n) is 8.67. The van der Waals surface area contributed by atoms with E-state index in [2.05, 4.69) is 16.3 Å². The lowest BCUT2D eigenvalue weighted by Crippen LogP contribution is -2.47. The summed E-state index contributed by atoms with van der Waals surface area (Å²) in [7, 11) is 0. The highest BCUT2D eigenvalue weighted by atomic mass is 35.5. The van der Waals surface area contributed by atoms with Crippen LogP contribution in [0, 0.1) is 0 Å². The normalized spacial score (nSPS) is 24.1. The fourth-order valence-corrected chi connectivity index (χ4v) is 2.91. The zero-order chi connectivity index (χ0) is 10.3. The van der Waals surface area contributed by atoms with Gasteiger partial charge in [-0.1, -0.05) is 17.7 Å². The highest BCUT2D eigenvalue weighted by molar-refractivity contribution is 6.34. The summed E-state index contributed by atoms with van der Waals surface area (Å²) in [6.07, 6.45) is 3.97. The summed E-state index contributed by atoms with van der Waals surface area (Å²) in [4.78, 5) is 2.52. The summed E-state index contributed by atoms with van der Waals surface area (Å²) in [6.45, 7) is 2.22. The number of nitrogens with zero attached hydrogens (tertiary/aromatic N) is 1. The highest BCUT2D eigenvalue weighted by Gasteiger charge is 2.28. The van der Waals surface area contributed by atoms with Gasteiger partial charge in [0.05, 0.1) is 16.4 Å². The molecule has 0 aromatic heterocycles. The SMILES string of the molecule is Clc1cccc2c1NCC1CCCCN21. The number of nitrogens with one attached hydrogen (secondary N) is 1. The van der Waals surface area contributed by atoms with Gasteiger partial charge in [-0.2, -0.15) is 0 Å². The van der Waals surface area contributed by atoms with Gasteiger partial charge in [-0.05, 0) is 31.4 Å². The van der Waals surface area contributed by atoms with Crippen molar-refractivity contribution in [3.63, 3.8) is 0 Å². The van der Waals surface area contributed by atoms with Gasteiger partial charge in [-0.3, -0.25) is 0 Å². The van der Waals surface area contributed by atoms with Crippen LogP contribution in [0.25, 0.3) is 0 Å². The summed E-state index contributed by atoms with van der Waals surface area (Å²) >= 11 is 6.18. The molecule has 0 radical (unpaired) electrons. The number of hydrogen-bond acceptors (Lipinski definition) is 2. The fourth-order valence-electron chi connectivity index (χ4n) is 2.68. The first kappa shape index (κ1) is 9.34. The van der Waals surface area contributed by atoms with Crippen LogP contribution in [-0.2, 0) is 0 Å². The third kappa shape index (κ3) is 1.48. The molecule has 1 aromatic carbocycles. The predicted molar refractivity (Wildman–Crippen MR) is 64.9 cm³/mol. The number of benzene rings is 1. The molecule has 1 unspecified atom stereocenters. The van der Waals surface area contributed by atoms with Crippen LogP contribution in [0.5, 0.6) is 0 Å². The Morgan fingerprint density at radius 2 is 2.27 bits per heavy atom. The van der Waals surface area contributed by atoms with Crippen LogP contribution in [-0.4, -0.2) is 19.1 Å². The summed E-state index contributed by atoms with van der Waals surface area (Å²) in [5.74, 6) is 0. The van der Waals surface area contributed by atoms with E-state index in [4.69, 9.17) is 11.6 Å². The van der Waals surface area contributed by atoms with Gasteiger partial charge in [0.25, 0.3) is 0 Å². The smallest absolute Gasteiger partial charge is 0.0768 e. The van der Waals surface area contributed by atoms with E-state index in [-0.39, 0.29) is 0 Å². The van der Waals surface area contributed by atoms with Crippen LogP contribution in [0.1, 0.15) is 19.3 Å². The van der Waals surface area contributed by atoms with Gasteiger partial charge >= 0.3 is 0 Å². The van der Waals surface area contributed by atoms with Crippen LogP contribution in [0.15, 0.2) is 18.2 Å². The number of piperidine rings is 1. The first-order valence-electron chi connectivity index (χ1n) is 5.65. The molecule has 80 valence electrons. The summed E-state index contributed by atoms with van der Waals surface area (Å²) in [5, 5.41) is 4.30. The molecule has 3 rings (SSSR count). The Hall–Kier alpha value is -0.890. The molecule has 0 spiro atoms. The number of hydrogen-bond donors (Lipinski definition) is 1. The van der Waals surface area contributed by atoms with E-state index < -0.39 is 0 Å². The van der Waals surface area contributed by atoms with Crippen molar-refractivity contribution in [3.05, 3.63) is 23.2 Å². The molecule has 0 saturated carbocycles. The molecule has 15 heavy (non-hydrogen) atoms. The van der Waals surface area contributed by atoms with Gasteiger partial charge in [0, 0.05) is 19.1 Å². The molecular formula is C12H15ClN2. The number of halogens is 1. The summed E-state index contributed by atoms with van der Waals surface area (Å²) < 4.78 is 0. The average molecular weight is 223 g/mol. The van der Waals surface area contributed by atoms with Gasteiger partial charge < -0.3 is 10.2 Å². The van der Waals surface area contributed by atoms with E-state index in [1.54, 1.807) is 0 Å². The van der Waals surface area contributed by atoms with Gasteiger partial charge in [0.15, 0.2) is 0 Å². The third-order valence-corrected chi connectivity index (χ3v) is 3.76.